The van der Waals surface area contributed by atoms with Gasteiger partial charge in [0.2, 0.25) is 0 Å². The van der Waals surface area contributed by atoms with Gasteiger partial charge in [0.1, 0.15) is 0 Å². The predicted octanol–water partition coefficient (Wildman–Crippen LogP) is 4.32. The molecule has 2 aromatic carbocycles. The largest absolute Gasteiger partial charge is 0.505 e. The highest BCUT2D eigenvalue weighted by Gasteiger charge is 2.27. The lowest BCUT2D eigenvalue weighted by Gasteiger charge is -2.09. The van der Waals surface area contributed by atoms with Crippen LogP contribution in [0.25, 0.3) is 10.9 Å². The first kappa shape index (κ1) is 17.9. The van der Waals surface area contributed by atoms with Gasteiger partial charge in [0, 0.05) is 27.7 Å². The van der Waals surface area contributed by atoms with Crippen LogP contribution in [0.1, 0.15) is 34.5 Å². The van der Waals surface area contributed by atoms with E-state index in [9.17, 15) is 24.2 Å². The average molecular weight is 376 g/mol. The van der Waals surface area contributed by atoms with Crippen molar-refractivity contribution in [2.75, 3.05) is 0 Å². The van der Waals surface area contributed by atoms with Crippen LogP contribution in [-0.2, 0) is 4.79 Å². The number of carbonyl (C=O) groups excluding carboxylic acids is 1. The van der Waals surface area contributed by atoms with Crippen molar-refractivity contribution in [3.63, 3.8) is 0 Å². The third kappa shape index (κ3) is 2.82. The van der Waals surface area contributed by atoms with Crippen LogP contribution in [0.5, 0.6) is 5.75 Å². The molecule has 5 nitrogen and oxygen atoms in total. The van der Waals surface area contributed by atoms with Crippen molar-refractivity contribution < 1.29 is 24.2 Å². The van der Waals surface area contributed by atoms with Crippen molar-refractivity contribution >= 4 is 34.4 Å². The minimum atomic E-state index is -1.09. The Balaban J connectivity index is 2.33. The second kappa shape index (κ2) is 6.46. The molecule has 1 aromatic heterocycles. The smallest absolute Gasteiger partial charge is 0.310 e. The zero-order valence-corrected chi connectivity index (χ0v) is 14.7. The number of carboxylic acid groups (broad SMARTS) is 1. The molecular weight excluding hydrogens is 361 g/mol. The number of nitrogens with zero attached hydrogens (tertiary/aromatic N) is 1. The summed E-state index contributed by atoms with van der Waals surface area (Å²) < 4.78 is 15.2. The van der Waals surface area contributed by atoms with E-state index in [1.807, 2.05) is 0 Å². The molecule has 3 rings (SSSR count). The van der Waals surface area contributed by atoms with Crippen LogP contribution in [0.2, 0.25) is 5.02 Å². The van der Waals surface area contributed by atoms with Gasteiger partial charge in [-0.2, -0.15) is 0 Å². The van der Waals surface area contributed by atoms with E-state index in [0.29, 0.717) is 27.2 Å². The lowest BCUT2D eigenvalue weighted by Crippen LogP contribution is -2.15. The molecule has 1 atom stereocenters. The molecule has 0 saturated heterocycles. The summed E-state index contributed by atoms with van der Waals surface area (Å²) in [7, 11) is 0. The van der Waals surface area contributed by atoms with E-state index in [1.165, 1.54) is 23.6 Å². The Bertz CT molecular complexity index is 1040. The molecule has 0 fully saturated rings. The van der Waals surface area contributed by atoms with Crippen LogP contribution in [0, 0.1) is 12.7 Å². The molecule has 0 saturated carbocycles. The maximum Gasteiger partial charge on any atom is 0.310 e. The van der Waals surface area contributed by atoms with E-state index in [2.05, 4.69) is 0 Å². The highest BCUT2D eigenvalue weighted by Crippen LogP contribution is 2.35. The van der Waals surface area contributed by atoms with Crippen LogP contribution in [0.4, 0.5) is 4.39 Å². The Morgan fingerprint density at radius 2 is 1.81 bits per heavy atom. The van der Waals surface area contributed by atoms with Crippen LogP contribution in [0.15, 0.2) is 36.4 Å². The minimum absolute atomic E-state index is 0.195. The number of carbonyl (C=O) groups is 2. The number of fused-ring (bicyclic) bond motifs is 1. The number of aromatic nitrogens is 1. The van der Waals surface area contributed by atoms with Crippen molar-refractivity contribution in [2.45, 2.75) is 19.8 Å². The van der Waals surface area contributed by atoms with Gasteiger partial charge in [0.15, 0.2) is 11.6 Å². The number of halogens is 2. The highest BCUT2D eigenvalue weighted by atomic mass is 35.5. The summed E-state index contributed by atoms with van der Waals surface area (Å²) in [5.41, 5.74) is 1.24. The zero-order valence-electron chi connectivity index (χ0n) is 14.0. The Hall–Kier alpha value is -2.86. The number of hydrogen-bond donors (Lipinski definition) is 2. The van der Waals surface area contributed by atoms with Gasteiger partial charge in [0.05, 0.1) is 11.4 Å². The van der Waals surface area contributed by atoms with Crippen molar-refractivity contribution in [3.8, 4) is 5.75 Å². The predicted molar refractivity (Wildman–Crippen MR) is 95.5 cm³/mol. The highest BCUT2D eigenvalue weighted by molar-refractivity contribution is 6.30. The summed E-state index contributed by atoms with van der Waals surface area (Å²) in [6, 6.07) is 8.37. The molecule has 0 aliphatic rings. The molecular formula is C19H15ClFNO4. The fourth-order valence-corrected chi connectivity index (χ4v) is 3.23. The Kier molecular flexibility index (Phi) is 4.46. The van der Waals surface area contributed by atoms with Gasteiger partial charge in [0.25, 0.3) is 5.91 Å². The Morgan fingerprint density at radius 1 is 1.19 bits per heavy atom. The standard InChI is InChI=1S/C19H15ClFNO4/c1-9(19(25)26)17-10(2)22(15-8-14(21)16(23)7-13(15)17)18(24)11-3-5-12(20)6-4-11/h3-9,23H,1-2H3,(H,25,26)/t9-/m1/s1. The topological polar surface area (TPSA) is 79.5 Å². The van der Waals surface area contributed by atoms with Gasteiger partial charge in [-0.3, -0.25) is 14.2 Å². The SMILES string of the molecule is Cc1c([C@@H](C)C(=O)O)c2cc(O)c(F)cc2n1C(=O)c1ccc(Cl)cc1. The van der Waals surface area contributed by atoms with E-state index in [0.717, 1.165) is 12.1 Å². The van der Waals surface area contributed by atoms with Crippen LogP contribution in [0.3, 0.4) is 0 Å². The normalized spacial score (nSPS) is 12.3. The number of aliphatic carboxylic acids is 1. The minimum Gasteiger partial charge on any atom is -0.505 e. The van der Waals surface area contributed by atoms with Crippen molar-refractivity contribution in [1.29, 1.82) is 0 Å². The fourth-order valence-electron chi connectivity index (χ4n) is 3.10. The van der Waals surface area contributed by atoms with Gasteiger partial charge >= 0.3 is 5.97 Å². The van der Waals surface area contributed by atoms with Gasteiger partial charge in [-0.1, -0.05) is 11.6 Å². The maximum absolute atomic E-state index is 13.9. The molecule has 2 N–H and O–H groups in total. The van der Waals surface area contributed by atoms with Gasteiger partial charge < -0.3 is 10.2 Å². The number of aromatic hydroxyl groups is 1. The first-order chi connectivity index (χ1) is 12.2. The summed E-state index contributed by atoms with van der Waals surface area (Å²) in [5.74, 6) is -3.98. The summed E-state index contributed by atoms with van der Waals surface area (Å²) in [5, 5.41) is 19.9. The maximum atomic E-state index is 13.9. The number of phenolic OH excluding ortho intramolecular Hbond substituents is 1. The lowest BCUT2D eigenvalue weighted by molar-refractivity contribution is -0.138. The van der Waals surface area contributed by atoms with Gasteiger partial charge in [-0.15, -0.1) is 0 Å². The van der Waals surface area contributed by atoms with Crippen molar-refractivity contribution in [1.82, 2.24) is 4.57 Å². The summed E-state index contributed by atoms with van der Waals surface area (Å²) in [4.78, 5) is 24.5. The first-order valence-corrected chi connectivity index (χ1v) is 8.16. The number of hydrogen-bond acceptors (Lipinski definition) is 3. The second-order valence-electron chi connectivity index (χ2n) is 6.03. The quantitative estimate of drug-likeness (QED) is 0.714. The van der Waals surface area contributed by atoms with Crippen LogP contribution >= 0.6 is 11.6 Å². The third-order valence-electron chi connectivity index (χ3n) is 4.42. The van der Waals surface area contributed by atoms with E-state index < -0.39 is 29.4 Å². The van der Waals surface area contributed by atoms with Gasteiger partial charge in [-0.05, 0) is 49.7 Å². The molecule has 26 heavy (non-hydrogen) atoms. The summed E-state index contributed by atoms with van der Waals surface area (Å²) in [6.45, 7) is 3.07. The molecule has 0 bridgehead atoms. The number of phenols is 1. The molecule has 0 aliphatic carbocycles. The van der Waals surface area contributed by atoms with E-state index >= 15 is 0 Å². The lowest BCUT2D eigenvalue weighted by atomic mass is 9.98. The van der Waals surface area contributed by atoms with Crippen molar-refractivity contribution in [2.24, 2.45) is 0 Å². The number of benzene rings is 2. The van der Waals surface area contributed by atoms with Gasteiger partial charge in [-0.25, -0.2) is 4.39 Å². The Morgan fingerprint density at radius 3 is 2.38 bits per heavy atom. The van der Waals surface area contributed by atoms with Crippen LogP contribution < -0.4 is 0 Å². The molecule has 0 radical (unpaired) electrons. The zero-order chi connectivity index (χ0) is 19.2. The van der Waals surface area contributed by atoms with E-state index in [1.54, 1.807) is 19.1 Å². The van der Waals surface area contributed by atoms with E-state index in [-0.39, 0.29) is 5.52 Å². The molecule has 134 valence electrons. The second-order valence-corrected chi connectivity index (χ2v) is 6.46. The molecule has 0 amide bonds. The third-order valence-corrected chi connectivity index (χ3v) is 4.67. The monoisotopic (exact) mass is 375 g/mol. The molecule has 0 spiro atoms. The average Bonchev–Trinajstić information content (AvgIpc) is 2.85. The molecule has 7 heteroatoms. The number of carboxylic acids is 1. The first-order valence-electron chi connectivity index (χ1n) is 7.79. The molecule has 3 aromatic rings. The summed E-state index contributed by atoms with van der Waals surface area (Å²) >= 11 is 5.85. The number of rotatable bonds is 3. The fraction of sp³-hybridized carbons (Fsp3) is 0.158. The summed E-state index contributed by atoms with van der Waals surface area (Å²) in [6.07, 6.45) is 0. The Labute approximate surface area is 153 Å². The molecule has 1 heterocycles. The van der Waals surface area contributed by atoms with Crippen molar-refractivity contribution in [3.05, 3.63) is 64.1 Å². The molecule has 0 unspecified atom stereocenters. The molecule has 0 aliphatic heterocycles. The van der Waals surface area contributed by atoms with E-state index in [4.69, 9.17) is 11.6 Å². The van der Waals surface area contributed by atoms with Crippen LogP contribution in [-0.4, -0.2) is 26.7 Å².